The Morgan fingerprint density at radius 2 is 1.69 bits per heavy atom. The number of carbonyl (C=O) groups is 1. The van der Waals surface area contributed by atoms with Crippen LogP contribution in [-0.4, -0.2) is 41.9 Å². The van der Waals surface area contributed by atoms with E-state index in [4.69, 9.17) is 0 Å². The molecule has 4 saturated carbocycles. The Balaban J connectivity index is 1.29. The summed E-state index contributed by atoms with van der Waals surface area (Å²) in [5, 5.41) is 3.19. The van der Waals surface area contributed by atoms with Crippen LogP contribution in [0, 0.1) is 17.8 Å². The van der Waals surface area contributed by atoms with Gasteiger partial charge in [0.15, 0.2) is 0 Å². The van der Waals surface area contributed by atoms with E-state index in [1.165, 1.54) is 44.1 Å². The molecule has 0 unspecified atom stereocenters. The Morgan fingerprint density at radius 3 is 2.23 bits per heavy atom. The van der Waals surface area contributed by atoms with Gasteiger partial charge in [-0.05, 0) is 75.9 Å². The van der Waals surface area contributed by atoms with Crippen molar-refractivity contribution in [1.29, 1.82) is 0 Å². The first-order chi connectivity index (χ1) is 12.5. The van der Waals surface area contributed by atoms with E-state index in [0.717, 1.165) is 17.8 Å². The number of nitrogens with one attached hydrogen (secondary N) is 1. The largest absolute Gasteiger partial charge is 0.353 e. The van der Waals surface area contributed by atoms with Crippen molar-refractivity contribution >= 4 is 17.7 Å². The lowest BCUT2D eigenvalue weighted by atomic mass is 9.56. The minimum absolute atomic E-state index is 0.202. The van der Waals surface area contributed by atoms with Gasteiger partial charge in [0.05, 0.1) is 11.8 Å². The van der Waals surface area contributed by atoms with E-state index in [0.29, 0.717) is 17.0 Å². The van der Waals surface area contributed by atoms with Crippen LogP contribution in [-0.2, 0) is 4.79 Å². The number of carbonyl (C=O) groups excluding carboxylic acids is 1. The van der Waals surface area contributed by atoms with Gasteiger partial charge in [-0.1, -0.05) is 30.3 Å². The van der Waals surface area contributed by atoms with Gasteiger partial charge in [0.25, 0.3) is 0 Å². The minimum Gasteiger partial charge on any atom is -0.353 e. The number of benzene rings is 1. The van der Waals surface area contributed by atoms with Crippen LogP contribution in [0.1, 0.15) is 50.1 Å². The molecule has 142 valence electrons. The lowest BCUT2D eigenvalue weighted by molar-refractivity contribution is -0.118. The molecule has 1 aromatic carbocycles. The SMILES string of the molecule is CN(C)[C@@H](CNC(=O)CSC12CC3CC(CC(C3)C1)C2)c1ccccc1. The van der Waals surface area contributed by atoms with Crippen LogP contribution in [0.15, 0.2) is 30.3 Å². The van der Waals surface area contributed by atoms with Crippen molar-refractivity contribution < 1.29 is 4.79 Å². The number of hydrogen-bond donors (Lipinski definition) is 1. The van der Waals surface area contributed by atoms with Crippen molar-refractivity contribution in [3.8, 4) is 0 Å². The number of rotatable bonds is 7. The molecular formula is C22H32N2OS. The summed E-state index contributed by atoms with van der Waals surface area (Å²) in [5.41, 5.74) is 1.26. The monoisotopic (exact) mass is 372 g/mol. The highest BCUT2D eigenvalue weighted by atomic mass is 32.2. The first kappa shape index (κ1) is 18.4. The van der Waals surface area contributed by atoms with Crippen molar-refractivity contribution in [2.45, 2.75) is 49.3 Å². The topological polar surface area (TPSA) is 32.3 Å². The second-order valence-electron chi connectivity index (χ2n) is 9.08. The fraction of sp³-hybridized carbons (Fsp3) is 0.682. The predicted molar refractivity (Wildman–Crippen MR) is 109 cm³/mol. The molecule has 1 N–H and O–H groups in total. The van der Waals surface area contributed by atoms with Crippen molar-refractivity contribution in [2.75, 3.05) is 26.4 Å². The van der Waals surface area contributed by atoms with Gasteiger partial charge >= 0.3 is 0 Å². The highest BCUT2D eigenvalue weighted by molar-refractivity contribution is 8.01. The zero-order valence-electron chi connectivity index (χ0n) is 16.1. The van der Waals surface area contributed by atoms with Gasteiger partial charge in [0.1, 0.15) is 0 Å². The molecule has 4 aliphatic carbocycles. The molecule has 4 heteroatoms. The molecule has 0 heterocycles. The molecule has 0 aromatic heterocycles. The van der Waals surface area contributed by atoms with Crippen molar-refractivity contribution in [3.05, 3.63) is 35.9 Å². The smallest absolute Gasteiger partial charge is 0.230 e. The molecule has 0 saturated heterocycles. The summed E-state index contributed by atoms with van der Waals surface area (Å²) in [4.78, 5) is 14.7. The van der Waals surface area contributed by atoms with Crippen LogP contribution in [0.25, 0.3) is 0 Å². The maximum absolute atomic E-state index is 12.5. The highest BCUT2D eigenvalue weighted by Gasteiger charge is 2.51. The average Bonchev–Trinajstić information content (AvgIpc) is 2.60. The minimum atomic E-state index is 0.202. The second kappa shape index (κ2) is 7.55. The first-order valence-corrected chi connectivity index (χ1v) is 11.1. The number of hydrogen-bond acceptors (Lipinski definition) is 3. The maximum Gasteiger partial charge on any atom is 0.230 e. The fourth-order valence-electron chi connectivity index (χ4n) is 5.96. The predicted octanol–water partition coefficient (Wildman–Crippen LogP) is 4.11. The quantitative estimate of drug-likeness (QED) is 0.782. The van der Waals surface area contributed by atoms with Crippen LogP contribution < -0.4 is 5.32 Å². The molecule has 4 aliphatic rings. The van der Waals surface area contributed by atoms with Gasteiger partial charge in [-0.15, -0.1) is 11.8 Å². The molecule has 3 nitrogen and oxygen atoms in total. The van der Waals surface area contributed by atoms with E-state index in [2.05, 4.69) is 48.6 Å². The van der Waals surface area contributed by atoms with E-state index in [1.807, 2.05) is 17.8 Å². The lowest BCUT2D eigenvalue weighted by Crippen LogP contribution is -2.49. The molecule has 1 aromatic rings. The van der Waals surface area contributed by atoms with Gasteiger partial charge < -0.3 is 10.2 Å². The molecule has 1 amide bonds. The molecule has 0 aliphatic heterocycles. The molecule has 26 heavy (non-hydrogen) atoms. The van der Waals surface area contributed by atoms with Crippen molar-refractivity contribution in [1.82, 2.24) is 10.2 Å². The molecule has 4 fully saturated rings. The van der Waals surface area contributed by atoms with E-state index in [-0.39, 0.29) is 11.9 Å². The third-order valence-corrected chi connectivity index (χ3v) is 8.31. The highest BCUT2D eigenvalue weighted by Crippen LogP contribution is 2.60. The van der Waals surface area contributed by atoms with Crippen LogP contribution in [0.4, 0.5) is 0 Å². The van der Waals surface area contributed by atoms with Gasteiger partial charge in [0, 0.05) is 11.3 Å². The summed E-state index contributed by atoms with van der Waals surface area (Å²) < 4.78 is 0.423. The number of nitrogens with zero attached hydrogens (tertiary/aromatic N) is 1. The number of thioether (sulfide) groups is 1. The number of amides is 1. The van der Waals surface area contributed by atoms with Crippen molar-refractivity contribution in [2.24, 2.45) is 17.8 Å². The summed E-state index contributed by atoms with van der Waals surface area (Å²) in [5.74, 6) is 3.68. The van der Waals surface area contributed by atoms with E-state index in [9.17, 15) is 4.79 Å². The first-order valence-electron chi connectivity index (χ1n) is 10.1. The van der Waals surface area contributed by atoms with E-state index in [1.54, 1.807) is 0 Å². The van der Waals surface area contributed by atoms with Crippen molar-refractivity contribution in [3.63, 3.8) is 0 Å². The van der Waals surface area contributed by atoms with Crippen LogP contribution in [0.2, 0.25) is 0 Å². The van der Waals surface area contributed by atoms with Crippen LogP contribution in [0.3, 0.4) is 0 Å². The Hall–Kier alpha value is -1.00. The Bertz CT molecular complexity index is 595. The second-order valence-corrected chi connectivity index (χ2v) is 10.5. The molecule has 0 radical (unpaired) electrons. The lowest BCUT2D eigenvalue weighted by Gasteiger charge is -2.56. The average molecular weight is 373 g/mol. The molecule has 0 spiro atoms. The normalized spacial score (nSPS) is 33.4. The van der Waals surface area contributed by atoms with Gasteiger partial charge in [-0.3, -0.25) is 4.79 Å². The third-order valence-electron chi connectivity index (χ3n) is 6.79. The van der Waals surface area contributed by atoms with Gasteiger partial charge in [-0.2, -0.15) is 0 Å². The summed E-state index contributed by atoms with van der Waals surface area (Å²) in [6, 6.07) is 10.7. The van der Waals surface area contributed by atoms with E-state index >= 15 is 0 Å². The summed E-state index contributed by atoms with van der Waals surface area (Å²) in [7, 11) is 4.15. The zero-order chi connectivity index (χ0) is 18.1. The fourth-order valence-corrected chi connectivity index (χ4v) is 7.56. The summed E-state index contributed by atoms with van der Waals surface area (Å²) >= 11 is 1.97. The van der Waals surface area contributed by atoms with E-state index < -0.39 is 0 Å². The standard InChI is InChI=1S/C22H32N2OS/c1-24(2)20(19-6-4-3-5-7-19)14-23-21(25)15-26-22-11-16-8-17(12-22)10-18(9-16)13-22/h3-7,16-18,20H,8-15H2,1-2H3,(H,23,25)/t16?,17?,18?,20-,22?/m0/s1. The summed E-state index contributed by atoms with van der Waals surface area (Å²) in [6.07, 6.45) is 8.48. The van der Waals surface area contributed by atoms with Crippen LogP contribution in [0.5, 0.6) is 0 Å². The maximum atomic E-state index is 12.5. The zero-order valence-corrected chi connectivity index (χ0v) is 16.9. The number of likely N-dealkylation sites (N-methyl/N-ethyl adjacent to an activating group) is 1. The molecule has 4 bridgehead atoms. The molecule has 5 rings (SSSR count). The van der Waals surface area contributed by atoms with Gasteiger partial charge in [-0.25, -0.2) is 0 Å². The van der Waals surface area contributed by atoms with Gasteiger partial charge in [0.2, 0.25) is 5.91 Å². The Kier molecular flexibility index (Phi) is 5.34. The molecule has 1 atom stereocenters. The Morgan fingerprint density at radius 1 is 1.12 bits per heavy atom. The summed E-state index contributed by atoms with van der Waals surface area (Å²) in [6.45, 7) is 0.678. The molecular weight excluding hydrogens is 340 g/mol. The third kappa shape index (κ3) is 3.96. The Labute approximate surface area is 162 Å². The van der Waals surface area contributed by atoms with Crippen LogP contribution >= 0.6 is 11.8 Å².